The highest BCUT2D eigenvalue weighted by Gasteiger charge is 2.36. The zero-order valence-corrected chi connectivity index (χ0v) is 16.8. The van der Waals surface area contributed by atoms with Crippen molar-refractivity contribution in [3.8, 4) is 0 Å². The molecule has 8 nitrogen and oxygen atoms in total. The van der Waals surface area contributed by atoms with Crippen LogP contribution in [0.1, 0.15) is 31.0 Å². The molecule has 0 aliphatic carbocycles. The summed E-state index contributed by atoms with van der Waals surface area (Å²) in [6.45, 7) is 4.11. The van der Waals surface area contributed by atoms with Crippen LogP contribution in [0.5, 0.6) is 0 Å². The predicted octanol–water partition coefficient (Wildman–Crippen LogP) is 3.74. The molecule has 0 unspecified atom stereocenters. The molecule has 1 aliphatic rings. The zero-order chi connectivity index (χ0) is 21.7. The predicted molar refractivity (Wildman–Crippen MR) is 111 cm³/mol. The lowest BCUT2D eigenvalue weighted by Gasteiger charge is -2.34. The molecule has 30 heavy (non-hydrogen) atoms. The van der Waals surface area contributed by atoms with E-state index in [1.807, 2.05) is 37.3 Å². The van der Waals surface area contributed by atoms with Gasteiger partial charge in [0.1, 0.15) is 0 Å². The van der Waals surface area contributed by atoms with E-state index in [1.54, 1.807) is 6.92 Å². The molecule has 1 aliphatic heterocycles. The topological polar surface area (TPSA) is 102 Å². The van der Waals surface area contributed by atoms with E-state index in [2.05, 4.69) is 5.32 Å². The van der Waals surface area contributed by atoms with Crippen molar-refractivity contribution in [1.29, 1.82) is 0 Å². The first kappa shape index (κ1) is 21.0. The summed E-state index contributed by atoms with van der Waals surface area (Å²) in [6, 6.07) is 14.4. The molecule has 0 fully saturated rings. The average Bonchev–Trinajstić information content (AvgIpc) is 2.74. The first-order valence-corrected chi connectivity index (χ1v) is 9.66. The molecule has 0 spiro atoms. The van der Waals surface area contributed by atoms with Gasteiger partial charge in [-0.2, -0.15) is 0 Å². The van der Waals surface area contributed by atoms with Crippen molar-refractivity contribution in [2.45, 2.75) is 26.3 Å². The highest BCUT2D eigenvalue weighted by Crippen LogP contribution is 2.32. The van der Waals surface area contributed by atoms with Gasteiger partial charge in [0, 0.05) is 30.8 Å². The second-order valence-corrected chi connectivity index (χ2v) is 6.85. The molecule has 156 valence electrons. The largest absolute Gasteiger partial charge is 0.462 e. The van der Waals surface area contributed by atoms with Crippen molar-refractivity contribution in [1.82, 2.24) is 10.2 Å². The minimum atomic E-state index is -0.745. The zero-order valence-electron chi connectivity index (χ0n) is 16.8. The number of carbonyl (C=O) groups excluding carboxylic acids is 2. The average molecular weight is 409 g/mol. The minimum Gasteiger partial charge on any atom is -0.462 e. The maximum atomic E-state index is 13.0. The molecule has 1 atom stereocenters. The molecule has 3 rings (SSSR count). The van der Waals surface area contributed by atoms with Gasteiger partial charge in [-0.25, -0.2) is 9.59 Å². The van der Waals surface area contributed by atoms with Gasteiger partial charge >= 0.3 is 12.0 Å². The minimum absolute atomic E-state index is 0.0660. The molecule has 2 amide bonds. The Labute approximate surface area is 174 Å². The van der Waals surface area contributed by atoms with Gasteiger partial charge in [-0.15, -0.1) is 0 Å². The van der Waals surface area contributed by atoms with Crippen LogP contribution < -0.4 is 5.32 Å². The number of hydrogen-bond donors (Lipinski definition) is 1. The first-order valence-electron chi connectivity index (χ1n) is 9.66. The number of carbonyl (C=O) groups is 2. The lowest BCUT2D eigenvalue weighted by molar-refractivity contribution is -0.384. The van der Waals surface area contributed by atoms with Gasteiger partial charge in [-0.1, -0.05) is 30.3 Å². The van der Waals surface area contributed by atoms with Crippen LogP contribution in [0.25, 0.3) is 0 Å². The maximum absolute atomic E-state index is 13.0. The number of nitrogens with zero attached hydrogens (tertiary/aromatic N) is 2. The van der Waals surface area contributed by atoms with Crippen molar-refractivity contribution in [3.05, 3.63) is 87.1 Å². The summed E-state index contributed by atoms with van der Waals surface area (Å²) in [4.78, 5) is 37.3. The molecule has 0 saturated carbocycles. The van der Waals surface area contributed by atoms with Gasteiger partial charge in [0.25, 0.3) is 5.69 Å². The first-order chi connectivity index (χ1) is 14.4. The lowest BCUT2D eigenvalue weighted by Crippen LogP contribution is -2.47. The lowest BCUT2D eigenvalue weighted by atomic mass is 9.94. The number of allylic oxidation sites excluding steroid dienone is 1. The van der Waals surface area contributed by atoms with Crippen LogP contribution in [0.2, 0.25) is 0 Å². The standard InChI is InChI=1S/C22H23N3O5/c1-3-24-15(2)19(21(26)30-14-13-16-7-5-4-6-8-16)20(23-22(24)27)17-9-11-18(12-10-17)25(28)29/h4-12,20H,3,13-14H2,1-2H3,(H,23,27)/t20-/m1/s1. The van der Waals surface area contributed by atoms with E-state index in [-0.39, 0.29) is 18.3 Å². The van der Waals surface area contributed by atoms with Crippen LogP contribution in [-0.2, 0) is 16.0 Å². The second kappa shape index (κ2) is 9.21. The Hall–Kier alpha value is -3.68. The third-order valence-electron chi connectivity index (χ3n) is 5.04. The van der Waals surface area contributed by atoms with Crippen molar-refractivity contribution in [2.75, 3.05) is 13.2 Å². The van der Waals surface area contributed by atoms with Crippen molar-refractivity contribution >= 4 is 17.7 Å². The molecule has 0 radical (unpaired) electrons. The summed E-state index contributed by atoms with van der Waals surface area (Å²) in [7, 11) is 0. The van der Waals surface area contributed by atoms with E-state index >= 15 is 0 Å². The Balaban J connectivity index is 1.85. The summed E-state index contributed by atoms with van der Waals surface area (Å²) in [5.74, 6) is -0.523. The van der Waals surface area contributed by atoms with E-state index in [0.29, 0.717) is 29.8 Å². The smallest absolute Gasteiger partial charge is 0.338 e. The highest BCUT2D eigenvalue weighted by atomic mass is 16.6. The van der Waals surface area contributed by atoms with Gasteiger partial charge in [-0.05, 0) is 37.1 Å². The normalized spacial score (nSPS) is 16.3. The number of urea groups is 1. The Morgan fingerprint density at radius 1 is 1.17 bits per heavy atom. The number of benzene rings is 2. The van der Waals surface area contributed by atoms with Gasteiger partial charge < -0.3 is 10.1 Å². The number of hydrogen-bond acceptors (Lipinski definition) is 5. The van der Waals surface area contributed by atoms with Crippen LogP contribution >= 0.6 is 0 Å². The number of amides is 2. The van der Waals surface area contributed by atoms with E-state index in [4.69, 9.17) is 4.74 Å². The third-order valence-corrected chi connectivity index (χ3v) is 5.04. The van der Waals surface area contributed by atoms with Crippen molar-refractivity contribution in [3.63, 3.8) is 0 Å². The molecular formula is C22H23N3O5. The fourth-order valence-electron chi connectivity index (χ4n) is 3.45. The van der Waals surface area contributed by atoms with Gasteiger partial charge in [-0.3, -0.25) is 15.0 Å². The SMILES string of the molecule is CCN1C(=O)N[C@H](c2ccc([N+](=O)[O-])cc2)C(C(=O)OCCc2ccccc2)=C1C. The molecule has 2 aromatic rings. The molecule has 1 N–H and O–H groups in total. The van der Waals surface area contributed by atoms with Gasteiger partial charge in [0.05, 0.1) is 23.1 Å². The van der Waals surface area contributed by atoms with Crippen molar-refractivity contribution in [2.24, 2.45) is 0 Å². The molecular weight excluding hydrogens is 386 g/mol. The fraction of sp³-hybridized carbons (Fsp3) is 0.273. The summed E-state index contributed by atoms with van der Waals surface area (Å²) in [5.41, 5.74) is 2.38. The summed E-state index contributed by atoms with van der Waals surface area (Å²) < 4.78 is 5.51. The number of esters is 1. The van der Waals surface area contributed by atoms with Crippen molar-refractivity contribution < 1.29 is 19.2 Å². The van der Waals surface area contributed by atoms with Crippen LogP contribution in [0.3, 0.4) is 0 Å². The Bertz CT molecular complexity index is 970. The molecule has 1 heterocycles. The van der Waals surface area contributed by atoms with Crippen LogP contribution in [0.4, 0.5) is 10.5 Å². The number of nitro benzene ring substituents is 1. The van der Waals surface area contributed by atoms with E-state index in [9.17, 15) is 19.7 Å². The fourth-order valence-corrected chi connectivity index (χ4v) is 3.45. The molecule has 2 aromatic carbocycles. The summed E-state index contributed by atoms with van der Waals surface area (Å²) >= 11 is 0. The monoisotopic (exact) mass is 409 g/mol. The summed E-state index contributed by atoms with van der Waals surface area (Å²) in [5, 5.41) is 13.7. The van der Waals surface area contributed by atoms with E-state index < -0.39 is 16.9 Å². The van der Waals surface area contributed by atoms with E-state index in [0.717, 1.165) is 5.56 Å². The third kappa shape index (κ3) is 4.48. The highest BCUT2D eigenvalue weighted by molar-refractivity contribution is 5.95. The maximum Gasteiger partial charge on any atom is 0.338 e. The van der Waals surface area contributed by atoms with Crippen LogP contribution in [0, 0.1) is 10.1 Å². The van der Waals surface area contributed by atoms with Crippen LogP contribution in [0.15, 0.2) is 65.9 Å². The molecule has 0 aromatic heterocycles. The number of rotatable bonds is 7. The van der Waals surface area contributed by atoms with Gasteiger partial charge in [0.15, 0.2) is 0 Å². The number of ether oxygens (including phenoxy) is 1. The number of nitro groups is 1. The van der Waals surface area contributed by atoms with E-state index in [1.165, 1.54) is 29.2 Å². The molecule has 8 heteroatoms. The van der Waals surface area contributed by atoms with Gasteiger partial charge in [0.2, 0.25) is 0 Å². The Morgan fingerprint density at radius 3 is 2.43 bits per heavy atom. The quantitative estimate of drug-likeness (QED) is 0.426. The van der Waals surface area contributed by atoms with Crippen LogP contribution in [-0.4, -0.2) is 35.0 Å². The molecule has 0 saturated heterocycles. The Morgan fingerprint density at radius 2 is 1.83 bits per heavy atom. The summed E-state index contributed by atoms with van der Waals surface area (Å²) in [6.07, 6.45) is 0.574. The molecule has 0 bridgehead atoms. The second-order valence-electron chi connectivity index (χ2n) is 6.85. The Kier molecular flexibility index (Phi) is 6.46. The number of non-ortho nitro benzene ring substituents is 1. The number of nitrogens with one attached hydrogen (secondary N) is 1.